The van der Waals surface area contributed by atoms with Gasteiger partial charge in [-0.05, 0) is 36.4 Å². The number of carbonyl (C=O) groups is 3. The van der Waals surface area contributed by atoms with Crippen molar-refractivity contribution in [2.45, 2.75) is 6.54 Å². The Morgan fingerprint density at radius 3 is 2.09 bits per heavy atom. The summed E-state index contributed by atoms with van der Waals surface area (Å²) in [5, 5.41) is 2.52. The number of benzene rings is 2. The summed E-state index contributed by atoms with van der Waals surface area (Å²) >= 11 is 0. The van der Waals surface area contributed by atoms with Crippen molar-refractivity contribution in [3.63, 3.8) is 0 Å². The van der Waals surface area contributed by atoms with Gasteiger partial charge in [-0.2, -0.15) is 0 Å². The molecule has 1 saturated heterocycles. The van der Waals surface area contributed by atoms with Crippen LogP contribution in [-0.2, 0) is 11.3 Å². The van der Waals surface area contributed by atoms with Gasteiger partial charge < -0.3 is 19.7 Å². The number of amides is 3. The second kappa shape index (κ2) is 9.47. The Morgan fingerprint density at radius 1 is 0.781 bits per heavy atom. The zero-order valence-electron chi connectivity index (χ0n) is 17.4. The van der Waals surface area contributed by atoms with Crippen LogP contribution in [0.2, 0.25) is 0 Å². The number of hydrogen-bond acceptors (Lipinski definition) is 3. The molecule has 0 bridgehead atoms. The van der Waals surface area contributed by atoms with Crippen LogP contribution in [0.4, 0.5) is 10.1 Å². The van der Waals surface area contributed by atoms with Crippen molar-refractivity contribution >= 4 is 23.4 Å². The molecule has 3 aromatic rings. The highest BCUT2D eigenvalue weighted by Gasteiger charge is 2.27. The van der Waals surface area contributed by atoms with E-state index in [1.165, 1.54) is 12.1 Å². The molecule has 32 heavy (non-hydrogen) atoms. The van der Waals surface area contributed by atoms with Crippen LogP contribution in [0, 0.1) is 5.82 Å². The number of hydrogen-bond donors (Lipinski definition) is 1. The molecule has 1 aliphatic rings. The van der Waals surface area contributed by atoms with E-state index >= 15 is 0 Å². The van der Waals surface area contributed by atoms with Gasteiger partial charge in [0.15, 0.2) is 0 Å². The van der Waals surface area contributed by atoms with Gasteiger partial charge in [0.2, 0.25) is 5.91 Å². The van der Waals surface area contributed by atoms with Gasteiger partial charge in [-0.25, -0.2) is 4.39 Å². The van der Waals surface area contributed by atoms with Gasteiger partial charge in [-0.3, -0.25) is 14.4 Å². The molecule has 0 unspecified atom stereocenters. The Labute approximate surface area is 185 Å². The second-order valence-electron chi connectivity index (χ2n) is 7.50. The molecule has 4 rings (SSSR count). The molecule has 2 aromatic carbocycles. The van der Waals surface area contributed by atoms with Crippen LogP contribution < -0.4 is 5.32 Å². The van der Waals surface area contributed by atoms with Crippen LogP contribution in [0.5, 0.6) is 0 Å². The van der Waals surface area contributed by atoms with Gasteiger partial charge in [0.05, 0.1) is 5.69 Å². The maximum absolute atomic E-state index is 13.8. The molecule has 2 heterocycles. The third-order valence-corrected chi connectivity index (χ3v) is 5.39. The quantitative estimate of drug-likeness (QED) is 0.671. The average Bonchev–Trinajstić information content (AvgIpc) is 3.28. The van der Waals surface area contributed by atoms with Gasteiger partial charge >= 0.3 is 0 Å². The SMILES string of the molecule is O=C(Cn1cccc1C(=O)N1CCN(C(=O)c2ccccc2)CC1)Nc1ccccc1F. The van der Waals surface area contributed by atoms with Crippen LogP contribution in [0.3, 0.4) is 0 Å². The number of halogens is 1. The molecule has 8 heteroatoms. The van der Waals surface area contributed by atoms with E-state index in [2.05, 4.69) is 5.32 Å². The summed E-state index contributed by atoms with van der Waals surface area (Å²) in [7, 11) is 0. The highest BCUT2D eigenvalue weighted by atomic mass is 19.1. The topological polar surface area (TPSA) is 74.7 Å². The Kier molecular flexibility index (Phi) is 6.30. The molecule has 0 saturated carbocycles. The van der Waals surface area contributed by atoms with Crippen molar-refractivity contribution in [1.29, 1.82) is 0 Å². The maximum atomic E-state index is 13.8. The van der Waals surface area contributed by atoms with E-state index in [9.17, 15) is 18.8 Å². The largest absolute Gasteiger partial charge is 0.335 e. The molecule has 0 aliphatic carbocycles. The number of anilines is 1. The Balaban J connectivity index is 1.36. The standard InChI is InChI=1S/C24H23FN4O3/c25-19-9-4-5-10-20(19)26-22(30)17-29-12-6-11-21(29)24(32)28-15-13-27(14-16-28)23(31)18-7-2-1-3-8-18/h1-12H,13-17H2,(H,26,30). The zero-order chi connectivity index (χ0) is 22.5. The van der Waals surface area contributed by atoms with Crippen molar-refractivity contribution < 1.29 is 18.8 Å². The van der Waals surface area contributed by atoms with E-state index in [4.69, 9.17) is 0 Å². The lowest BCUT2D eigenvalue weighted by atomic mass is 10.2. The highest BCUT2D eigenvalue weighted by molar-refractivity contribution is 5.96. The summed E-state index contributed by atoms with van der Waals surface area (Å²) < 4.78 is 15.3. The van der Waals surface area contributed by atoms with Gasteiger partial charge in [-0.15, -0.1) is 0 Å². The van der Waals surface area contributed by atoms with Crippen molar-refractivity contribution in [3.8, 4) is 0 Å². The lowest BCUT2D eigenvalue weighted by Crippen LogP contribution is -2.51. The minimum Gasteiger partial charge on any atom is -0.335 e. The van der Waals surface area contributed by atoms with E-state index in [0.29, 0.717) is 37.4 Å². The number of nitrogens with zero attached hydrogens (tertiary/aromatic N) is 3. The average molecular weight is 434 g/mol. The van der Waals surface area contributed by atoms with E-state index in [1.807, 2.05) is 18.2 Å². The van der Waals surface area contributed by atoms with Crippen LogP contribution in [0.15, 0.2) is 72.9 Å². The normalized spacial score (nSPS) is 13.7. The molecule has 0 radical (unpaired) electrons. The van der Waals surface area contributed by atoms with E-state index in [0.717, 1.165) is 0 Å². The Hall–Kier alpha value is -3.94. The molecular weight excluding hydrogens is 411 g/mol. The van der Waals surface area contributed by atoms with Gasteiger partial charge in [-0.1, -0.05) is 30.3 Å². The zero-order valence-corrected chi connectivity index (χ0v) is 17.4. The fraction of sp³-hybridized carbons (Fsp3) is 0.208. The fourth-order valence-corrected chi connectivity index (χ4v) is 3.69. The predicted molar refractivity (Wildman–Crippen MR) is 118 cm³/mol. The first-order chi connectivity index (χ1) is 15.5. The Bertz CT molecular complexity index is 1120. The van der Waals surface area contributed by atoms with Crippen LogP contribution in [0.25, 0.3) is 0 Å². The molecule has 3 amide bonds. The van der Waals surface area contributed by atoms with Gasteiger partial charge in [0, 0.05) is 37.9 Å². The molecular formula is C24H23FN4O3. The minimum absolute atomic E-state index is 0.0501. The number of piperazine rings is 1. The number of carbonyl (C=O) groups excluding carboxylic acids is 3. The van der Waals surface area contributed by atoms with Crippen LogP contribution in [-0.4, -0.2) is 58.3 Å². The number of aromatic nitrogens is 1. The maximum Gasteiger partial charge on any atom is 0.270 e. The summed E-state index contributed by atoms with van der Waals surface area (Å²) in [4.78, 5) is 41.4. The first kappa shape index (κ1) is 21.3. The Morgan fingerprint density at radius 2 is 1.41 bits per heavy atom. The van der Waals surface area contributed by atoms with Crippen molar-refractivity contribution in [1.82, 2.24) is 14.4 Å². The highest BCUT2D eigenvalue weighted by Crippen LogP contribution is 2.15. The molecule has 1 N–H and O–H groups in total. The van der Waals surface area contributed by atoms with Gasteiger partial charge in [0.25, 0.3) is 11.8 Å². The summed E-state index contributed by atoms with van der Waals surface area (Å²) in [5.74, 6) is -1.21. The smallest absolute Gasteiger partial charge is 0.270 e. The minimum atomic E-state index is -0.521. The molecule has 0 atom stereocenters. The molecule has 7 nitrogen and oxygen atoms in total. The van der Waals surface area contributed by atoms with Crippen molar-refractivity contribution in [3.05, 3.63) is 90.0 Å². The monoisotopic (exact) mass is 434 g/mol. The summed E-state index contributed by atoms with van der Waals surface area (Å²) in [5.41, 5.74) is 1.09. The fourth-order valence-electron chi connectivity index (χ4n) is 3.69. The van der Waals surface area contributed by atoms with Gasteiger partial charge in [0.1, 0.15) is 18.1 Å². The van der Waals surface area contributed by atoms with Crippen molar-refractivity contribution in [2.24, 2.45) is 0 Å². The van der Waals surface area contributed by atoms with E-state index in [-0.39, 0.29) is 24.0 Å². The lowest BCUT2D eigenvalue weighted by Gasteiger charge is -2.35. The van der Waals surface area contributed by atoms with Crippen LogP contribution in [0.1, 0.15) is 20.8 Å². The third-order valence-electron chi connectivity index (χ3n) is 5.39. The molecule has 0 spiro atoms. The summed E-state index contributed by atoms with van der Waals surface area (Å²) in [6, 6.07) is 18.3. The van der Waals surface area contributed by atoms with E-state index < -0.39 is 11.7 Å². The molecule has 1 fully saturated rings. The lowest BCUT2D eigenvalue weighted by molar-refractivity contribution is -0.116. The van der Waals surface area contributed by atoms with Crippen molar-refractivity contribution in [2.75, 3.05) is 31.5 Å². The number of rotatable bonds is 5. The molecule has 164 valence electrons. The summed E-state index contributed by atoms with van der Waals surface area (Å²) in [6.45, 7) is 1.57. The first-order valence-corrected chi connectivity index (χ1v) is 10.4. The number of nitrogens with one attached hydrogen (secondary N) is 1. The second-order valence-corrected chi connectivity index (χ2v) is 7.50. The van der Waals surface area contributed by atoms with E-state index in [1.54, 1.807) is 57.0 Å². The molecule has 1 aliphatic heterocycles. The predicted octanol–water partition coefficient (Wildman–Crippen LogP) is 2.86. The van der Waals surface area contributed by atoms with Crippen LogP contribution >= 0.6 is 0 Å². The number of para-hydroxylation sites is 1. The molecule has 1 aromatic heterocycles. The third kappa shape index (κ3) is 4.69. The first-order valence-electron chi connectivity index (χ1n) is 10.4. The summed E-state index contributed by atoms with van der Waals surface area (Å²) in [6.07, 6.45) is 1.64.